The largest absolute Gasteiger partial charge is 0.490 e. The van der Waals surface area contributed by atoms with E-state index < -0.39 is 5.97 Å². The quantitative estimate of drug-likeness (QED) is 0.562. The maximum Gasteiger partial charge on any atom is 0.339 e. The van der Waals surface area contributed by atoms with Gasteiger partial charge in [0.2, 0.25) is 6.41 Å². The van der Waals surface area contributed by atoms with E-state index in [0.717, 1.165) is 12.8 Å². The molecule has 5 heteroatoms. The molecule has 1 amide bonds. The third-order valence-corrected chi connectivity index (χ3v) is 2.20. The molecule has 0 saturated carbocycles. The Balaban J connectivity index is 3.00. The number of carbonyl (C=O) groups is 2. The molecule has 1 aromatic carbocycles. The van der Waals surface area contributed by atoms with E-state index in [0.29, 0.717) is 18.7 Å². The molecule has 0 atom stereocenters. The zero-order valence-electron chi connectivity index (χ0n) is 9.60. The molecule has 92 valence electrons. The van der Waals surface area contributed by atoms with Crippen LogP contribution in [0.3, 0.4) is 0 Å². The molecular weight excluding hydrogens is 222 g/mol. The molecule has 1 rings (SSSR count). The molecule has 0 radical (unpaired) electrons. The summed E-state index contributed by atoms with van der Waals surface area (Å²) in [6.07, 6.45) is 2.27. The summed E-state index contributed by atoms with van der Waals surface area (Å²) in [7, 11) is 0. The van der Waals surface area contributed by atoms with Crippen LogP contribution in [0.15, 0.2) is 18.2 Å². The zero-order valence-corrected chi connectivity index (χ0v) is 9.60. The highest BCUT2D eigenvalue weighted by atomic mass is 16.5. The lowest BCUT2D eigenvalue weighted by atomic mass is 10.1. The number of amides is 1. The maximum absolute atomic E-state index is 11.0. The van der Waals surface area contributed by atoms with Crippen molar-refractivity contribution in [3.63, 3.8) is 0 Å². The molecule has 2 N–H and O–H groups in total. The average molecular weight is 237 g/mol. The van der Waals surface area contributed by atoms with Crippen LogP contribution in [0.2, 0.25) is 0 Å². The standard InChI is InChI=1S/C12H15NO4/c1-2-3-7-17-11-9(12(15)16)5-4-6-10(11)13-8-14/h4-6,8H,2-3,7H2,1H3,(H,13,14)(H,15,16). The number of para-hydroxylation sites is 1. The predicted octanol–water partition coefficient (Wildman–Crippen LogP) is 2.13. The molecular formula is C12H15NO4. The molecule has 0 aromatic heterocycles. The van der Waals surface area contributed by atoms with Gasteiger partial charge in [-0.15, -0.1) is 0 Å². The third kappa shape index (κ3) is 3.48. The second-order valence-corrected chi connectivity index (χ2v) is 3.45. The van der Waals surface area contributed by atoms with Gasteiger partial charge in [-0.3, -0.25) is 4.79 Å². The van der Waals surface area contributed by atoms with Crippen LogP contribution >= 0.6 is 0 Å². The number of benzene rings is 1. The molecule has 0 aliphatic rings. The molecule has 0 spiro atoms. The first-order valence-electron chi connectivity index (χ1n) is 5.40. The Hall–Kier alpha value is -2.04. The van der Waals surface area contributed by atoms with Crippen LogP contribution in [-0.4, -0.2) is 24.1 Å². The van der Waals surface area contributed by atoms with Crippen LogP contribution in [0.1, 0.15) is 30.1 Å². The number of carboxylic acid groups (broad SMARTS) is 1. The Bertz CT molecular complexity index is 403. The Morgan fingerprint density at radius 1 is 1.53 bits per heavy atom. The van der Waals surface area contributed by atoms with Gasteiger partial charge >= 0.3 is 5.97 Å². The van der Waals surface area contributed by atoms with Gasteiger partial charge in [0.05, 0.1) is 12.3 Å². The minimum Gasteiger partial charge on any atom is -0.490 e. The van der Waals surface area contributed by atoms with Crippen molar-refractivity contribution in [1.82, 2.24) is 0 Å². The fourth-order valence-electron chi connectivity index (χ4n) is 1.36. The lowest BCUT2D eigenvalue weighted by Crippen LogP contribution is -2.07. The van der Waals surface area contributed by atoms with Gasteiger partial charge in [0.25, 0.3) is 0 Å². The van der Waals surface area contributed by atoms with E-state index in [9.17, 15) is 9.59 Å². The number of aromatic carboxylic acids is 1. The Kier molecular flexibility index (Phi) is 5.00. The highest BCUT2D eigenvalue weighted by Gasteiger charge is 2.15. The fraction of sp³-hybridized carbons (Fsp3) is 0.333. The summed E-state index contributed by atoms with van der Waals surface area (Å²) in [4.78, 5) is 21.4. The number of carbonyl (C=O) groups excluding carboxylic acids is 1. The highest BCUT2D eigenvalue weighted by molar-refractivity contribution is 5.94. The number of rotatable bonds is 7. The van der Waals surface area contributed by atoms with Crippen LogP contribution in [0.25, 0.3) is 0 Å². The van der Waals surface area contributed by atoms with Crippen LogP contribution in [-0.2, 0) is 4.79 Å². The van der Waals surface area contributed by atoms with Gasteiger partial charge in [0, 0.05) is 0 Å². The second-order valence-electron chi connectivity index (χ2n) is 3.45. The molecule has 0 aliphatic heterocycles. The lowest BCUT2D eigenvalue weighted by Gasteiger charge is -2.12. The Morgan fingerprint density at radius 3 is 2.88 bits per heavy atom. The number of carboxylic acids is 1. The summed E-state index contributed by atoms with van der Waals surface area (Å²) >= 11 is 0. The average Bonchev–Trinajstić information content (AvgIpc) is 2.31. The molecule has 0 bridgehead atoms. The van der Waals surface area contributed by atoms with Gasteiger partial charge in [-0.2, -0.15) is 0 Å². The smallest absolute Gasteiger partial charge is 0.339 e. The van der Waals surface area contributed by atoms with Gasteiger partial charge in [-0.25, -0.2) is 4.79 Å². The first-order chi connectivity index (χ1) is 8.20. The fourth-order valence-corrected chi connectivity index (χ4v) is 1.36. The van der Waals surface area contributed by atoms with Gasteiger partial charge < -0.3 is 15.2 Å². The number of hydrogen-bond acceptors (Lipinski definition) is 3. The summed E-state index contributed by atoms with van der Waals surface area (Å²) in [5, 5.41) is 11.4. The van der Waals surface area contributed by atoms with Crippen molar-refractivity contribution in [2.24, 2.45) is 0 Å². The monoisotopic (exact) mass is 237 g/mol. The molecule has 0 fully saturated rings. The van der Waals surface area contributed by atoms with Crippen LogP contribution in [0.5, 0.6) is 5.75 Å². The molecule has 0 unspecified atom stereocenters. The molecule has 5 nitrogen and oxygen atoms in total. The predicted molar refractivity (Wildman–Crippen MR) is 63.5 cm³/mol. The van der Waals surface area contributed by atoms with Crippen molar-refractivity contribution in [2.45, 2.75) is 19.8 Å². The van der Waals surface area contributed by atoms with E-state index in [-0.39, 0.29) is 11.3 Å². The van der Waals surface area contributed by atoms with E-state index in [1.165, 1.54) is 6.07 Å². The molecule has 0 saturated heterocycles. The summed E-state index contributed by atoms with van der Waals surface area (Å²) in [6.45, 7) is 2.44. The molecule has 1 aromatic rings. The van der Waals surface area contributed by atoms with E-state index in [2.05, 4.69) is 5.32 Å². The van der Waals surface area contributed by atoms with Crippen molar-refractivity contribution >= 4 is 18.1 Å². The zero-order chi connectivity index (χ0) is 12.7. The molecule has 0 heterocycles. The van der Waals surface area contributed by atoms with Gasteiger partial charge in [-0.1, -0.05) is 19.4 Å². The minimum atomic E-state index is -1.08. The van der Waals surface area contributed by atoms with Crippen molar-refractivity contribution in [1.29, 1.82) is 0 Å². The van der Waals surface area contributed by atoms with Crippen LogP contribution in [0, 0.1) is 0 Å². The molecule has 0 aliphatic carbocycles. The van der Waals surface area contributed by atoms with E-state index >= 15 is 0 Å². The summed E-state index contributed by atoms with van der Waals surface area (Å²) in [5.74, 6) is -0.869. The van der Waals surface area contributed by atoms with Gasteiger partial charge in [0.15, 0.2) is 5.75 Å². The van der Waals surface area contributed by atoms with Gasteiger partial charge in [0.1, 0.15) is 5.56 Å². The lowest BCUT2D eigenvalue weighted by molar-refractivity contribution is -0.105. The summed E-state index contributed by atoms with van der Waals surface area (Å²) in [5.41, 5.74) is 0.420. The first kappa shape index (κ1) is 13.0. The number of nitrogens with one attached hydrogen (secondary N) is 1. The first-order valence-corrected chi connectivity index (χ1v) is 5.40. The van der Waals surface area contributed by atoms with E-state index in [4.69, 9.17) is 9.84 Å². The topological polar surface area (TPSA) is 75.6 Å². The number of anilines is 1. The SMILES string of the molecule is CCCCOc1c(NC=O)cccc1C(=O)O. The maximum atomic E-state index is 11.0. The number of ether oxygens (including phenoxy) is 1. The second kappa shape index (κ2) is 6.52. The Morgan fingerprint density at radius 2 is 2.29 bits per heavy atom. The molecule has 17 heavy (non-hydrogen) atoms. The summed E-state index contributed by atoms with van der Waals surface area (Å²) in [6, 6.07) is 4.60. The van der Waals surface area contributed by atoms with Crippen LogP contribution < -0.4 is 10.1 Å². The van der Waals surface area contributed by atoms with Crippen molar-refractivity contribution < 1.29 is 19.4 Å². The van der Waals surface area contributed by atoms with E-state index in [1.807, 2.05) is 6.92 Å². The van der Waals surface area contributed by atoms with Gasteiger partial charge in [-0.05, 0) is 18.6 Å². The minimum absolute atomic E-state index is 0.0490. The number of hydrogen-bond donors (Lipinski definition) is 2. The van der Waals surface area contributed by atoms with Crippen molar-refractivity contribution in [3.05, 3.63) is 23.8 Å². The van der Waals surface area contributed by atoms with E-state index in [1.54, 1.807) is 12.1 Å². The Labute approximate surface area is 99.4 Å². The van der Waals surface area contributed by atoms with Crippen molar-refractivity contribution in [3.8, 4) is 5.75 Å². The normalized spacial score (nSPS) is 9.71. The van der Waals surface area contributed by atoms with Crippen LogP contribution in [0.4, 0.5) is 5.69 Å². The number of unbranched alkanes of at least 4 members (excludes halogenated alkanes) is 1. The summed E-state index contributed by atoms with van der Waals surface area (Å²) < 4.78 is 5.42. The van der Waals surface area contributed by atoms with Crippen molar-refractivity contribution in [2.75, 3.05) is 11.9 Å². The third-order valence-electron chi connectivity index (χ3n) is 2.20. The highest BCUT2D eigenvalue weighted by Crippen LogP contribution is 2.28.